The average molecular weight is 518 g/mol. The fraction of sp³-hybridized carbons (Fsp3) is 0.0385. The van der Waals surface area contributed by atoms with Gasteiger partial charge in [-0.05, 0) is 42.0 Å². The van der Waals surface area contributed by atoms with Gasteiger partial charge in [0.15, 0.2) is 5.76 Å². The number of aromatic amines is 1. The SMILES string of the molecule is Nc1ccc(-c2cnc[nH]2)cc1.O=C(O)c1cc2ccccc2n1Cc1cc(-c2ccc(Cl)s2)on1. The molecule has 36 heavy (non-hydrogen) atoms. The molecule has 0 aliphatic heterocycles. The lowest BCUT2D eigenvalue weighted by Crippen LogP contribution is -2.09. The largest absolute Gasteiger partial charge is 0.477 e. The van der Waals surface area contributed by atoms with Crippen molar-refractivity contribution in [3.8, 4) is 21.9 Å². The van der Waals surface area contributed by atoms with Gasteiger partial charge in [0.1, 0.15) is 11.4 Å². The first-order chi connectivity index (χ1) is 17.5. The highest BCUT2D eigenvalue weighted by Crippen LogP contribution is 2.32. The summed E-state index contributed by atoms with van der Waals surface area (Å²) in [5.74, 6) is -0.352. The number of nitrogens with two attached hydrogens (primary N) is 1. The molecule has 0 amide bonds. The number of fused-ring (bicyclic) bond motifs is 1. The highest BCUT2D eigenvalue weighted by Gasteiger charge is 2.17. The Bertz CT molecular complexity index is 1620. The number of imidazole rings is 1. The van der Waals surface area contributed by atoms with E-state index in [0.717, 1.165) is 32.7 Å². The van der Waals surface area contributed by atoms with E-state index in [9.17, 15) is 9.90 Å². The summed E-state index contributed by atoms with van der Waals surface area (Å²) in [5.41, 5.74) is 10.2. The summed E-state index contributed by atoms with van der Waals surface area (Å²) < 4.78 is 7.76. The minimum Gasteiger partial charge on any atom is -0.477 e. The van der Waals surface area contributed by atoms with E-state index < -0.39 is 5.97 Å². The molecule has 0 aliphatic rings. The third-order valence-corrected chi connectivity index (χ3v) is 6.69. The number of aromatic nitrogens is 4. The molecule has 0 radical (unpaired) electrons. The van der Waals surface area contributed by atoms with Crippen LogP contribution in [0.5, 0.6) is 0 Å². The number of rotatable bonds is 5. The Morgan fingerprint density at radius 3 is 2.61 bits per heavy atom. The predicted molar refractivity (Wildman–Crippen MR) is 141 cm³/mol. The average Bonchev–Trinajstić information content (AvgIpc) is 3.68. The second kappa shape index (κ2) is 10.1. The first-order valence-electron chi connectivity index (χ1n) is 10.8. The predicted octanol–water partition coefficient (Wildman–Crippen LogP) is 6.42. The molecule has 0 unspecified atom stereocenters. The van der Waals surface area contributed by atoms with Crippen molar-refractivity contribution >= 4 is 45.5 Å². The summed E-state index contributed by atoms with van der Waals surface area (Å²) in [6.07, 6.45) is 3.44. The zero-order chi connectivity index (χ0) is 25.1. The smallest absolute Gasteiger partial charge is 0.352 e. The van der Waals surface area contributed by atoms with Crippen LogP contribution in [-0.2, 0) is 6.54 Å². The van der Waals surface area contributed by atoms with Crippen LogP contribution in [-0.4, -0.2) is 30.8 Å². The van der Waals surface area contributed by atoms with Crippen LogP contribution in [0.4, 0.5) is 5.69 Å². The molecule has 0 saturated carbocycles. The normalized spacial score (nSPS) is 10.8. The van der Waals surface area contributed by atoms with Crippen molar-refractivity contribution in [3.05, 3.63) is 101 Å². The van der Waals surface area contributed by atoms with E-state index in [1.54, 1.807) is 29.2 Å². The van der Waals surface area contributed by atoms with Crippen molar-refractivity contribution in [1.29, 1.82) is 0 Å². The Balaban J connectivity index is 0.000000186. The Morgan fingerprint density at radius 1 is 1.11 bits per heavy atom. The van der Waals surface area contributed by atoms with E-state index >= 15 is 0 Å². The minimum absolute atomic E-state index is 0.222. The molecule has 4 aromatic heterocycles. The number of carboxylic acid groups (broad SMARTS) is 1. The zero-order valence-electron chi connectivity index (χ0n) is 18.8. The maximum atomic E-state index is 11.5. The van der Waals surface area contributed by atoms with E-state index in [1.165, 1.54) is 11.3 Å². The monoisotopic (exact) mass is 517 g/mol. The Kier molecular flexibility index (Phi) is 6.57. The molecule has 0 fully saturated rings. The zero-order valence-corrected chi connectivity index (χ0v) is 20.3. The molecule has 180 valence electrons. The standard InChI is InChI=1S/C17H11ClN2O3S.C9H9N3/c18-16-6-5-15(24-16)14-8-11(19-23-14)9-20-12-4-2-1-3-10(12)7-13(20)17(21)22;10-8-3-1-7(2-4-8)9-5-11-6-12-9/h1-8H,9H2,(H,21,22);1-6H,10H2,(H,11,12). The number of nitrogen functional groups attached to an aromatic ring is 1. The molecule has 0 saturated heterocycles. The molecule has 4 heterocycles. The number of hydrogen-bond acceptors (Lipinski definition) is 6. The Hall–Kier alpha value is -4.34. The van der Waals surface area contributed by atoms with E-state index in [2.05, 4.69) is 15.1 Å². The number of H-pyrrole nitrogens is 1. The quantitative estimate of drug-likeness (QED) is 0.227. The Labute approximate surface area is 214 Å². The molecule has 10 heteroatoms. The highest BCUT2D eigenvalue weighted by atomic mass is 35.5. The van der Waals surface area contributed by atoms with Gasteiger partial charge in [0.25, 0.3) is 0 Å². The molecule has 0 spiro atoms. The van der Waals surface area contributed by atoms with Gasteiger partial charge >= 0.3 is 5.97 Å². The van der Waals surface area contributed by atoms with Gasteiger partial charge in [0.2, 0.25) is 0 Å². The van der Waals surface area contributed by atoms with Crippen molar-refractivity contribution in [2.45, 2.75) is 6.54 Å². The van der Waals surface area contributed by atoms with Crippen LogP contribution >= 0.6 is 22.9 Å². The molecule has 6 rings (SSSR count). The molecule has 6 aromatic rings. The van der Waals surface area contributed by atoms with Crippen LogP contribution in [0.25, 0.3) is 32.8 Å². The first kappa shape index (κ1) is 23.4. The van der Waals surface area contributed by atoms with Crippen molar-refractivity contribution in [3.63, 3.8) is 0 Å². The van der Waals surface area contributed by atoms with Crippen LogP contribution in [0.2, 0.25) is 4.34 Å². The van der Waals surface area contributed by atoms with Gasteiger partial charge in [-0.3, -0.25) is 0 Å². The number of benzene rings is 2. The number of nitrogens with one attached hydrogen (secondary N) is 1. The lowest BCUT2D eigenvalue weighted by atomic mass is 10.1. The van der Waals surface area contributed by atoms with Crippen LogP contribution < -0.4 is 5.73 Å². The van der Waals surface area contributed by atoms with Gasteiger partial charge < -0.3 is 24.9 Å². The molecule has 0 aliphatic carbocycles. The molecular formula is C26H20ClN5O3S. The summed E-state index contributed by atoms with van der Waals surface area (Å²) in [4.78, 5) is 19.4. The number of halogens is 1. The molecule has 8 nitrogen and oxygen atoms in total. The number of nitrogens with zero attached hydrogens (tertiary/aromatic N) is 3. The fourth-order valence-electron chi connectivity index (χ4n) is 3.75. The number of thiophene rings is 1. The third kappa shape index (κ3) is 5.02. The maximum Gasteiger partial charge on any atom is 0.352 e. The van der Waals surface area contributed by atoms with Crippen LogP contribution in [0.15, 0.2) is 89.8 Å². The van der Waals surface area contributed by atoms with Crippen molar-refractivity contribution in [1.82, 2.24) is 19.7 Å². The lowest BCUT2D eigenvalue weighted by molar-refractivity contribution is 0.0686. The minimum atomic E-state index is -0.972. The lowest BCUT2D eigenvalue weighted by Gasteiger charge is -2.05. The fourth-order valence-corrected chi connectivity index (χ4v) is 4.74. The topological polar surface area (TPSA) is 123 Å². The number of carbonyl (C=O) groups is 1. The molecular weight excluding hydrogens is 498 g/mol. The molecule has 2 aromatic carbocycles. The van der Waals surface area contributed by atoms with Crippen molar-refractivity contribution < 1.29 is 14.4 Å². The van der Waals surface area contributed by atoms with Gasteiger partial charge in [0, 0.05) is 22.7 Å². The van der Waals surface area contributed by atoms with Gasteiger partial charge in [-0.1, -0.05) is 47.1 Å². The number of aromatic carboxylic acids is 1. The first-order valence-corrected chi connectivity index (χ1v) is 12.0. The molecule has 0 bridgehead atoms. The van der Waals surface area contributed by atoms with Gasteiger partial charge in [-0.2, -0.15) is 0 Å². The van der Waals surface area contributed by atoms with Crippen LogP contribution in [0.3, 0.4) is 0 Å². The van der Waals surface area contributed by atoms with Crippen LogP contribution in [0, 0.1) is 0 Å². The molecule has 0 atom stereocenters. The van der Waals surface area contributed by atoms with E-state index in [-0.39, 0.29) is 5.69 Å². The summed E-state index contributed by atoms with van der Waals surface area (Å²) in [6, 6.07) is 22.3. The van der Waals surface area contributed by atoms with E-state index in [1.807, 2.05) is 60.7 Å². The van der Waals surface area contributed by atoms with E-state index in [0.29, 0.717) is 22.3 Å². The maximum absolute atomic E-state index is 11.5. The highest BCUT2D eigenvalue weighted by molar-refractivity contribution is 7.19. The number of anilines is 1. The number of para-hydroxylation sites is 1. The molecule has 4 N–H and O–H groups in total. The van der Waals surface area contributed by atoms with Crippen LogP contribution in [0.1, 0.15) is 16.2 Å². The Morgan fingerprint density at radius 2 is 1.92 bits per heavy atom. The van der Waals surface area contributed by atoms with Crippen molar-refractivity contribution in [2.75, 3.05) is 5.73 Å². The summed E-state index contributed by atoms with van der Waals surface area (Å²) >= 11 is 7.34. The summed E-state index contributed by atoms with van der Waals surface area (Å²) in [5, 5.41) is 14.4. The van der Waals surface area contributed by atoms with Gasteiger partial charge in [-0.25, -0.2) is 9.78 Å². The number of carboxylic acids is 1. The number of hydrogen-bond donors (Lipinski definition) is 3. The van der Waals surface area contributed by atoms with E-state index in [4.69, 9.17) is 21.9 Å². The van der Waals surface area contributed by atoms with Gasteiger partial charge in [-0.15, -0.1) is 11.3 Å². The summed E-state index contributed by atoms with van der Waals surface area (Å²) in [7, 11) is 0. The van der Waals surface area contributed by atoms with Gasteiger partial charge in [0.05, 0.1) is 34.0 Å². The summed E-state index contributed by atoms with van der Waals surface area (Å²) in [6.45, 7) is 0.317. The third-order valence-electron chi connectivity index (χ3n) is 5.44. The second-order valence-electron chi connectivity index (χ2n) is 7.85. The second-order valence-corrected chi connectivity index (χ2v) is 9.57. The van der Waals surface area contributed by atoms with Crippen molar-refractivity contribution in [2.24, 2.45) is 0 Å².